The number of fused-ring (bicyclic) bond motifs is 15. The van der Waals surface area contributed by atoms with Gasteiger partial charge in [-0.2, -0.15) is 0 Å². The molecule has 298 valence electrons. The highest BCUT2D eigenvalue weighted by Crippen LogP contribution is 2.51. The lowest BCUT2D eigenvalue weighted by molar-refractivity contribution is 0.590. The fraction of sp³-hybridized carbons (Fsp3) is 0.143. The van der Waals surface area contributed by atoms with E-state index in [0.29, 0.717) is 0 Å². The fourth-order valence-electron chi connectivity index (χ4n) is 10.4. The number of nitrogens with one attached hydrogen (secondary N) is 1. The van der Waals surface area contributed by atoms with Crippen LogP contribution in [-0.2, 0) is 10.8 Å². The van der Waals surface area contributed by atoms with Crippen molar-refractivity contribution in [3.05, 3.63) is 151 Å². The minimum Gasteiger partial charge on any atom is -0.456 e. The second-order valence-corrected chi connectivity index (χ2v) is 21.5. The Hall–Kier alpha value is -6.34. The molecular formula is C56H43BN2OS2. The topological polar surface area (TPSA) is 30.1 Å². The number of hydrogen-bond acceptors (Lipinski definition) is 4. The summed E-state index contributed by atoms with van der Waals surface area (Å²) in [4.78, 5) is 0. The average Bonchev–Trinajstić information content (AvgIpc) is 4.02. The van der Waals surface area contributed by atoms with Crippen molar-refractivity contribution in [1.82, 2.24) is 4.57 Å². The van der Waals surface area contributed by atoms with Crippen LogP contribution in [0.2, 0.25) is 0 Å². The Morgan fingerprint density at radius 3 is 2.02 bits per heavy atom. The largest absolute Gasteiger partial charge is 0.456 e. The molecule has 0 bridgehead atoms. The Kier molecular flexibility index (Phi) is 7.40. The molecule has 1 N–H and O–H groups in total. The van der Waals surface area contributed by atoms with Crippen LogP contribution in [0.15, 0.2) is 144 Å². The summed E-state index contributed by atoms with van der Waals surface area (Å²) < 4.78 is 14.5. The Bertz CT molecular complexity index is 3880. The van der Waals surface area contributed by atoms with Crippen molar-refractivity contribution in [3.8, 4) is 16.8 Å². The van der Waals surface area contributed by atoms with Crippen molar-refractivity contribution in [2.75, 3.05) is 5.32 Å². The Labute approximate surface area is 368 Å². The molecule has 13 rings (SSSR count). The van der Waals surface area contributed by atoms with Crippen LogP contribution in [0.25, 0.3) is 101 Å². The van der Waals surface area contributed by atoms with Crippen LogP contribution < -0.4 is 16.2 Å². The first kappa shape index (κ1) is 36.3. The molecule has 12 aromatic rings. The van der Waals surface area contributed by atoms with Crippen molar-refractivity contribution in [2.45, 2.75) is 52.4 Å². The molecule has 62 heavy (non-hydrogen) atoms. The van der Waals surface area contributed by atoms with Gasteiger partial charge in [0.05, 0.1) is 11.0 Å². The standard InChI is InChI=1S/C56H43BN2OS2/c1-55(2,3)30-19-22-32(23-20-30)58-41-27-37-34-14-8-11-17-46(34)61-48(37)28-38(41)49-50-35-15-9-12-18-47(35)62-54(50)51-39-25-31(56(4,5)6)21-24-42(39)59-43-29-45-36(26-40(43)57-52(49)53(51)59)33-13-7-10-16-44(33)60-45/h7-29,57-58H,1-6H3. The van der Waals surface area contributed by atoms with Crippen molar-refractivity contribution < 1.29 is 4.42 Å². The number of benzene rings is 8. The van der Waals surface area contributed by atoms with E-state index in [0.717, 1.165) is 35.2 Å². The van der Waals surface area contributed by atoms with Gasteiger partial charge in [0.15, 0.2) is 7.28 Å². The third kappa shape index (κ3) is 5.17. The predicted molar refractivity (Wildman–Crippen MR) is 273 cm³/mol. The monoisotopic (exact) mass is 834 g/mol. The lowest BCUT2D eigenvalue weighted by atomic mass is 9.58. The number of thiophene rings is 2. The fourth-order valence-corrected chi connectivity index (χ4v) is 12.8. The lowest BCUT2D eigenvalue weighted by Crippen LogP contribution is -2.37. The summed E-state index contributed by atoms with van der Waals surface area (Å²) >= 11 is 3.84. The van der Waals surface area contributed by atoms with Gasteiger partial charge in [0.25, 0.3) is 0 Å². The summed E-state index contributed by atoms with van der Waals surface area (Å²) in [6, 6.07) is 52.4. The second kappa shape index (κ2) is 12.6. The highest BCUT2D eigenvalue weighted by atomic mass is 32.1. The average molecular weight is 835 g/mol. The zero-order valence-electron chi connectivity index (χ0n) is 35.7. The quantitative estimate of drug-likeness (QED) is 0.180. The van der Waals surface area contributed by atoms with E-state index in [1.165, 1.54) is 106 Å². The summed E-state index contributed by atoms with van der Waals surface area (Å²) in [6.07, 6.45) is 0. The van der Waals surface area contributed by atoms with E-state index in [9.17, 15) is 0 Å². The number of furan rings is 1. The second-order valence-electron chi connectivity index (χ2n) is 19.4. The molecule has 5 heterocycles. The van der Waals surface area contributed by atoms with Gasteiger partial charge in [-0.3, -0.25) is 0 Å². The first-order valence-corrected chi connectivity index (χ1v) is 23.3. The molecule has 0 saturated carbocycles. The van der Waals surface area contributed by atoms with Crippen LogP contribution in [0.1, 0.15) is 52.7 Å². The van der Waals surface area contributed by atoms with E-state index >= 15 is 0 Å². The maximum atomic E-state index is 6.60. The number of para-hydroxylation sites is 1. The van der Waals surface area contributed by atoms with E-state index in [1.54, 1.807) is 0 Å². The molecule has 0 radical (unpaired) electrons. The van der Waals surface area contributed by atoms with E-state index in [1.807, 2.05) is 22.7 Å². The minimum atomic E-state index is -0.00545. The number of anilines is 2. The molecular weight excluding hydrogens is 792 g/mol. The highest BCUT2D eigenvalue weighted by molar-refractivity contribution is 7.27. The van der Waals surface area contributed by atoms with Crippen molar-refractivity contribution in [2.24, 2.45) is 0 Å². The number of hydrogen-bond donors (Lipinski definition) is 1. The number of rotatable bonds is 3. The Balaban J connectivity index is 1.20. The van der Waals surface area contributed by atoms with Crippen LogP contribution in [0.5, 0.6) is 0 Å². The maximum absolute atomic E-state index is 6.60. The van der Waals surface area contributed by atoms with E-state index in [2.05, 4.69) is 191 Å². The molecule has 0 fully saturated rings. The van der Waals surface area contributed by atoms with E-state index in [-0.39, 0.29) is 10.8 Å². The van der Waals surface area contributed by atoms with Gasteiger partial charge in [0.1, 0.15) is 11.2 Å². The maximum Gasteiger partial charge on any atom is 0.198 e. The van der Waals surface area contributed by atoms with Gasteiger partial charge in [0.2, 0.25) is 0 Å². The molecule has 4 aromatic heterocycles. The van der Waals surface area contributed by atoms with Crippen LogP contribution in [-0.4, -0.2) is 11.8 Å². The molecule has 0 saturated heterocycles. The Morgan fingerprint density at radius 1 is 0.548 bits per heavy atom. The zero-order chi connectivity index (χ0) is 41.8. The zero-order valence-corrected chi connectivity index (χ0v) is 37.3. The molecule has 0 unspecified atom stereocenters. The molecule has 3 nitrogen and oxygen atoms in total. The first-order chi connectivity index (χ1) is 30.0. The predicted octanol–water partition coefficient (Wildman–Crippen LogP) is 15.1. The molecule has 0 atom stereocenters. The smallest absolute Gasteiger partial charge is 0.198 e. The van der Waals surface area contributed by atoms with Crippen molar-refractivity contribution in [3.63, 3.8) is 0 Å². The Morgan fingerprint density at radius 2 is 1.24 bits per heavy atom. The van der Waals surface area contributed by atoms with Crippen molar-refractivity contribution >= 4 is 136 Å². The SMILES string of the molecule is CC(C)(C)c1ccc(Nc2cc3c(cc2-c2c4c5c(c6cc(C(C)(C)C)ccc6n5-c5cc6oc7ccccc7c6cc5B4)c4sc5ccccc5c24)sc2ccccc23)cc1. The summed E-state index contributed by atoms with van der Waals surface area (Å²) in [6.45, 7) is 13.8. The van der Waals surface area contributed by atoms with E-state index in [4.69, 9.17) is 4.42 Å². The van der Waals surface area contributed by atoms with Gasteiger partial charge >= 0.3 is 0 Å². The summed E-state index contributed by atoms with van der Waals surface area (Å²) in [5, 5.41) is 14.3. The molecule has 6 heteroatoms. The lowest BCUT2D eigenvalue weighted by Gasteiger charge is -2.25. The van der Waals surface area contributed by atoms with E-state index < -0.39 is 0 Å². The molecule has 0 amide bonds. The van der Waals surface area contributed by atoms with Gasteiger partial charge in [-0.15, -0.1) is 22.7 Å². The summed E-state index contributed by atoms with van der Waals surface area (Å²) in [5.74, 6) is 0. The molecule has 0 aliphatic carbocycles. The summed E-state index contributed by atoms with van der Waals surface area (Å²) in [5.41, 5.74) is 15.8. The molecule has 0 spiro atoms. The van der Waals surface area contributed by atoms with Crippen LogP contribution in [0.3, 0.4) is 0 Å². The van der Waals surface area contributed by atoms with Crippen molar-refractivity contribution in [1.29, 1.82) is 0 Å². The van der Waals surface area contributed by atoms with Gasteiger partial charge < -0.3 is 14.3 Å². The minimum absolute atomic E-state index is 0.00545. The number of nitrogens with zero attached hydrogens (tertiary/aromatic N) is 1. The van der Waals surface area contributed by atoms with Crippen LogP contribution in [0.4, 0.5) is 11.4 Å². The van der Waals surface area contributed by atoms with Crippen LogP contribution in [0, 0.1) is 0 Å². The summed E-state index contributed by atoms with van der Waals surface area (Å²) in [7, 11) is 0.795. The molecule has 1 aliphatic heterocycles. The normalized spacial score (nSPS) is 13.1. The first-order valence-electron chi connectivity index (χ1n) is 21.7. The van der Waals surface area contributed by atoms with Gasteiger partial charge in [-0.05, 0) is 87.6 Å². The van der Waals surface area contributed by atoms with Gasteiger partial charge in [-0.1, -0.05) is 126 Å². The van der Waals surface area contributed by atoms with Gasteiger partial charge in [0, 0.05) is 90.6 Å². The third-order valence-electron chi connectivity index (χ3n) is 13.5. The highest BCUT2D eigenvalue weighted by Gasteiger charge is 2.32. The van der Waals surface area contributed by atoms with Crippen LogP contribution >= 0.6 is 22.7 Å². The third-order valence-corrected chi connectivity index (χ3v) is 15.8. The molecule has 1 aliphatic rings. The molecule has 8 aromatic carbocycles. The van der Waals surface area contributed by atoms with Gasteiger partial charge in [-0.25, -0.2) is 0 Å². The number of aromatic nitrogens is 1.